The number of carbonyl (C=O) groups is 1. The van der Waals surface area contributed by atoms with Crippen LogP contribution in [0.15, 0.2) is 16.8 Å². The smallest absolute Gasteiger partial charge is 0.220 e. The van der Waals surface area contributed by atoms with Crippen molar-refractivity contribution in [3.8, 4) is 0 Å². The van der Waals surface area contributed by atoms with Gasteiger partial charge in [-0.3, -0.25) is 4.79 Å². The zero-order chi connectivity index (χ0) is 12.1. The first kappa shape index (κ1) is 12.6. The molecule has 0 radical (unpaired) electrons. The lowest BCUT2D eigenvalue weighted by atomic mass is 9.86. The third-order valence-corrected chi connectivity index (χ3v) is 4.41. The fourth-order valence-electron chi connectivity index (χ4n) is 2.50. The molecule has 1 heterocycles. The van der Waals surface area contributed by atoms with Crippen LogP contribution in [0.5, 0.6) is 0 Å². The maximum absolute atomic E-state index is 11.8. The fourth-order valence-corrected chi connectivity index (χ4v) is 3.21. The highest BCUT2D eigenvalue weighted by molar-refractivity contribution is 7.07. The van der Waals surface area contributed by atoms with E-state index in [1.165, 1.54) is 24.8 Å². The molecule has 2 atom stereocenters. The molecule has 17 heavy (non-hydrogen) atoms. The average Bonchev–Trinajstić information content (AvgIpc) is 2.82. The Morgan fingerprint density at radius 1 is 1.47 bits per heavy atom. The number of carbonyl (C=O) groups excluding carboxylic acids is 1. The first-order valence-electron chi connectivity index (χ1n) is 6.56. The van der Waals surface area contributed by atoms with Crippen molar-refractivity contribution in [1.82, 2.24) is 5.32 Å². The Balaban J connectivity index is 1.73. The van der Waals surface area contributed by atoms with Gasteiger partial charge >= 0.3 is 0 Å². The number of hydrogen-bond donors (Lipinski definition) is 1. The van der Waals surface area contributed by atoms with Crippen LogP contribution in [0.3, 0.4) is 0 Å². The molecular weight excluding hydrogens is 230 g/mol. The number of rotatable bonds is 4. The second kappa shape index (κ2) is 6.20. The van der Waals surface area contributed by atoms with Crippen LogP contribution < -0.4 is 5.32 Å². The van der Waals surface area contributed by atoms with Crippen LogP contribution >= 0.6 is 11.3 Å². The van der Waals surface area contributed by atoms with E-state index in [4.69, 9.17) is 0 Å². The van der Waals surface area contributed by atoms with Gasteiger partial charge in [0.1, 0.15) is 0 Å². The predicted molar refractivity (Wildman–Crippen MR) is 72.2 cm³/mol. The molecule has 1 saturated carbocycles. The summed E-state index contributed by atoms with van der Waals surface area (Å²) in [4.78, 5) is 11.8. The second-order valence-electron chi connectivity index (χ2n) is 5.07. The van der Waals surface area contributed by atoms with Crippen molar-refractivity contribution in [3.05, 3.63) is 22.4 Å². The van der Waals surface area contributed by atoms with Gasteiger partial charge in [-0.2, -0.15) is 11.3 Å². The minimum absolute atomic E-state index is 0.218. The van der Waals surface area contributed by atoms with Crippen molar-refractivity contribution in [3.63, 3.8) is 0 Å². The van der Waals surface area contributed by atoms with Gasteiger partial charge in [0.05, 0.1) is 0 Å². The Kier molecular flexibility index (Phi) is 4.60. The number of thiophene rings is 1. The highest BCUT2D eigenvalue weighted by Crippen LogP contribution is 2.23. The van der Waals surface area contributed by atoms with E-state index < -0.39 is 0 Å². The van der Waals surface area contributed by atoms with Crippen LogP contribution in [0.2, 0.25) is 0 Å². The molecule has 1 amide bonds. The van der Waals surface area contributed by atoms with Gasteiger partial charge in [0, 0.05) is 12.5 Å². The molecule has 0 aromatic carbocycles. The molecule has 1 aliphatic rings. The van der Waals surface area contributed by atoms with Gasteiger partial charge in [0.25, 0.3) is 0 Å². The van der Waals surface area contributed by atoms with Crippen LogP contribution in [-0.4, -0.2) is 11.9 Å². The normalized spacial score (nSPS) is 24.5. The molecule has 2 rings (SSSR count). The maximum Gasteiger partial charge on any atom is 0.220 e. The Morgan fingerprint density at radius 3 is 3.00 bits per heavy atom. The minimum atomic E-state index is 0.218. The average molecular weight is 251 g/mol. The van der Waals surface area contributed by atoms with Gasteiger partial charge in [-0.1, -0.05) is 19.8 Å². The standard InChI is InChI=1S/C14H21NOS/c1-11-4-2-3-5-13(11)15-14(16)7-6-12-8-9-17-10-12/h8-11,13H,2-7H2,1H3,(H,15,16). The molecule has 1 fully saturated rings. The topological polar surface area (TPSA) is 29.1 Å². The molecule has 2 nitrogen and oxygen atoms in total. The van der Waals surface area contributed by atoms with Crippen molar-refractivity contribution >= 4 is 17.2 Å². The molecule has 0 spiro atoms. The molecule has 1 aromatic rings. The van der Waals surface area contributed by atoms with Crippen molar-refractivity contribution in [1.29, 1.82) is 0 Å². The van der Waals surface area contributed by atoms with E-state index in [1.54, 1.807) is 11.3 Å². The summed E-state index contributed by atoms with van der Waals surface area (Å²) < 4.78 is 0. The quantitative estimate of drug-likeness (QED) is 0.873. The van der Waals surface area contributed by atoms with Gasteiger partial charge in [0.15, 0.2) is 0 Å². The summed E-state index contributed by atoms with van der Waals surface area (Å²) in [5.74, 6) is 0.865. The summed E-state index contributed by atoms with van der Waals surface area (Å²) in [7, 11) is 0. The van der Waals surface area contributed by atoms with Gasteiger partial charge in [0.2, 0.25) is 5.91 Å². The summed E-state index contributed by atoms with van der Waals surface area (Å²) in [5, 5.41) is 7.38. The summed E-state index contributed by atoms with van der Waals surface area (Å²) in [6.45, 7) is 2.25. The van der Waals surface area contributed by atoms with Crippen LogP contribution in [0.4, 0.5) is 0 Å². The zero-order valence-corrected chi connectivity index (χ0v) is 11.3. The molecule has 2 unspecified atom stereocenters. The number of amides is 1. The molecule has 0 aliphatic heterocycles. The summed E-state index contributed by atoms with van der Waals surface area (Å²) in [6.07, 6.45) is 6.50. The van der Waals surface area contributed by atoms with E-state index in [2.05, 4.69) is 29.1 Å². The maximum atomic E-state index is 11.8. The van der Waals surface area contributed by atoms with Crippen molar-refractivity contribution in [2.75, 3.05) is 0 Å². The molecule has 0 bridgehead atoms. The molecule has 94 valence electrons. The molecule has 0 saturated heterocycles. The highest BCUT2D eigenvalue weighted by Gasteiger charge is 2.22. The Labute approximate surface area is 107 Å². The van der Waals surface area contributed by atoms with Gasteiger partial charge in [-0.25, -0.2) is 0 Å². The molecule has 1 aromatic heterocycles. The van der Waals surface area contributed by atoms with E-state index in [0.717, 1.165) is 12.8 Å². The number of nitrogens with one attached hydrogen (secondary N) is 1. The van der Waals surface area contributed by atoms with E-state index in [-0.39, 0.29) is 5.91 Å². The lowest BCUT2D eigenvalue weighted by Gasteiger charge is -2.29. The van der Waals surface area contributed by atoms with Crippen LogP contribution in [0.1, 0.15) is 44.6 Å². The third-order valence-electron chi connectivity index (χ3n) is 3.68. The second-order valence-corrected chi connectivity index (χ2v) is 5.85. The minimum Gasteiger partial charge on any atom is -0.353 e. The molecular formula is C14H21NOS. The van der Waals surface area contributed by atoms with Crippen molar-refractivity contribution in [2.24, 2.45) is 5.92 Å². The van der Waals surface area contributed by atoms with Gasteiger partial charge in [-0.15, -0.1) is 0 Å². The lowest BCUT2D eigenvalue weighted by molar-refractivity contribution is -0.122. The van der Waals surface area contributed by atoms with Crippen LogP contribution in [-0.2, 0) is 11.2 Å². The van der Waals surface area contributed by atoms with Crippen molar-refractivity contribution in [2.45, 2.75) is 51.5 Å². The predicted octanol–water partition coefficient (Wildman–Crippen LogP) is 3.38. The van der Waals surface area contributed by atoms with Gasteiger partial charge < -0.3 is 5.32 Å². The number of hydrogen-bond acceptors (Lipinski definition) is 2. The Morgan fingerprint density at radius 2 is 2.29 bits per heavy atom. The molecule has 3 heteroatoms. The highest BCUT2D eigenvalue weighted by atomic mass is 32.1. The van der Waals surface area contributed by atoms with E-state index in [0.29, 0.717) is 18.4 Å². The monoisotopic (exact) mass is 251 g/mol. The summed E-state index contributed by atoms with van der Waals surface area (Å²) >= 11 is 1.70. The van der Waals surface area contributed by atoms with Crippen LogP contribution in [0.25, 0.3) is 0 Å². The molecule has 1 aliphatic carbocycles. The third kappa shape index (κ3) is 3.84. The Hall–Kier alpha value is -0.830. The Bertz CT molecular complexity index is 347. The van der Waals surface area contributed by atoms with Crippen molar-refractivity contribution < 1.29 is 4.79 Å². The lowest BCUT2D eigenvalue weighted by Crippen LogP contribution is -2.41. The van der Waals surface area contributed by atoms with Crippen LogP contribution in [0, 0.1) is 5.92 Å². The largest absolute Gasteiger partial charge is 0.353 e. The molecule has 1 N–H and O–H groups in total. The van der Waals surface area contributed by atoms with E-state index in [9.17, 15) is 4.79 Å². The summed E-state index contributed by atoms with van der Waals surface area (Å²) in [6, 6.07) is 2.51. The summed E-state index contributed by atoms with van der Waals surface area (Å²) in [5.41, 5.74) is 1.28. The van der Waals surface area contributed by atoms with Gasteiger partial charge in [-0.05, 0) is 47.6 Å². The first-order valence-corrected chi connectivity index (χ1v) is 7.50. The number of aryl methyl sites for hydroxylation is 1. The zero-order valence-electron chi connectivity index (χ0n) is 10.4. The van der Waals surface area contributed by atoms with E-state index >= 15 is 0 Å². The fraction of sp³-hybridized carbons (Fsp3) is 0.643. The SMILES string of the molecule is CC1CCCCC1NC(=O)CCc1ccsc1. The first-order chi connectivity index (χ1) is 8.25. The van der Waals surface area contributed by atoms with E-state index in [1.807, 2.05) is 0 Å².